The number of benzene rings is 2. The molecule has 1 saturated heterocycles. The van der Waals surface area contributed by atoms with Crippen molar-refractivity contribution >= 4 is 22.6 Å². The van der Waals surface area contributed by atoms with Gasteiger partial charge in [-0.1, -0.05) is 35.5 Å². The zero-order valence-corrected chi connectivity index (χ0v) is 14.9. The first-order chi connectivity index (χ1) is 13.8. The molecular formula is C21H17N5O2. The molecule has 1 aliphatic rings. The van der Waals surface area contributed by atoms with Crippen molar-refractivity contribution < 1.29 is 9.32 Å². The number of nitrogens with one attached hydrogen (secondary N) is 1. The lowest BCUT2D eigenvalue weighted by molar-refractivity contribution is 0.0625. The van der Waals surface area contributed by atoms with Crippen molar-refractivity contribution in [2.24, 2.45) is 0 Å². The minimum atomic E-state index is 0.00264. The molecule has 28 heavy (non-hydrogen) atoms. The number of anilines is 1. The van der Waals surface area contributed by atoms with Crippen LogP contribution in [0.1, 0.15) is 10.4 Å². The lowest BCUT2D eigenvalue weighted by atomic mass is 10.0. The maximum atomic E-state index is 12.9. The van der Waals surface area contributed by atoms with E-state index in [1.54, 1.807) is 12.3 Å². The highest BCUT2D eigenvalue weighted by Gasteiger charge is 2.31. The first-order valence-electron chi connectivity index (χ1n) is 9.04. The van der Waals surface area contributed by atoms with Gasteiger partial charge in [0.15, 0.2) is 5.76 Å². The van der Waals surface area contributed by atoms with Crippen molar-refractivity contribution in [2.75, 3.05) is 18.4 Å². The van der Waals surface area contributed by atoms with Gasteiger partial charge in [0, 0.05) is 30.4 Å². The van der Waals surface area contributed by atoms with Crippen molar-refractivity contribution in [2.45, 2.75) is 6.04 Å². The van der Waals surface area contributed by atoms with E-state index in [0.717, 1.165) is 22.3 Å². The molecule has 5 rings (SSSR count). The van der Waals surface area contributed by atoms with Crippen LogP contribution in [0, 0.1) is 0 Å². The van der Waals surface area contributed by atoms with Gasteiger partial charge in [0.25, 0.3) is 5.91 Å². The second kappa shape index (κ2) is 6.77. The summed E-state index contributed by atoms with van der Waals surface area (Å²) in [5, 5.41) is 8.25. The Morgan fingerprint density at radius 1 is 1.11 bits per heavy atom. The van der Waals surface area contributed by atoms with Crippen molar-refractivity contribution in [1.82, 2.24) is 20.0 Å². The van der Waals surface area contributed by atoms with Crippen molar-refractivity contribution in [3.05, 3.63) is 72.7 Å². The third-order valence-electron chi connectivity index (χ3n) is 4.86. The summed E-state index contributed by atoms with van der Waals surface area (Å²) in [6.45, 7) is 1.27. The lowest BCUT2D eigenvalue weighted by Crippen LogP contribution is -2.57. The third kappa shape index (κ3) is 2.96. The average molecular weight is 371 g/mol. The number of hydrogen-bond acceptors (Lipinski definition) is 6. The first kappa shape index (κ1) is 16.4. The van der Waals surface area contributed by atoms with E-state index < -0.39 is 0 Å². The number of carbonyl (C=O) groups is 1. The predicted molar refractivity (Wildman–Crippen MR) is 105 cm³/mol. The van der Waals surface area contributed by atoms with E-state index >= 15 is 0 Å². The van der Waals surface area contributed by atoms with Crippen LogP contribution in [-0.2, 0) is 0 Å². The number of fused-ring (bicyclic) bond motifs is 1. The molecule has 7 heteroatoms. The molecule has 138 valence electrons. The Balaban J connectivity index is 1.33. The highest BCUT2D eigenvalue weighted by Crippen LogP contribution is 2.30. The van der Waals surface area contributed by atoms with Crippen LogP contribution < -0.4 is 5.32 Å². The number of carbonyl (C=O) groups excluding carboxylic acids is 1. The SMILES string of the molecule is O=C(c1ccc2noc(-c3ccccc3)c2c1)N1CC(Nc2ccncn2)C1. The zero-order chi connectivity index (χ0) is 18.9. The maximum Gasteiger partial charge on any atom is 0.254 e. The van der Waals surface area contributed by atoms with E-state index in [2.05, 4.69) is 20.4 Å². The van der Waals surface area contributed by atoms with E-state index in [4.69, 9.17) is 4.52 Å². The fraction of sp³-hybridized carbons (Fsp3) is 0.143. The fourth-order valence-electron chi connectivity index (χ4n) is 3.38. The van der Waals surface area contributed by atoms with Crippen molar-refractivity contribution in [3.63, 3.8) is 0 Å². The van der Waals surface area contributed by atoms with Gasteiger partial charge in [-0.3, -0.25) is 4.79 Å². The van der Waals surface area contributed by atoms with Crippen LogP contribution >= 0.6 is 0 Å². The molecule has 0 radical (unpaired) electrons. The van der Waals surface area contributed by atoms with Gasteiger partial charge in [-0.2, -0.15) is 0 Å². The van der Waals surface area contributed by atoms with E-state index in [0.29, 0.717) is 24.4 Å². The Morgan fingerprint density at radius 2 is 1.96 bits per heavy atom. The number of rotatable bonds is 4. The van der Waals surface area contributed by atoms with E-state index in [1.165, 1.54) is 6.33 Å². The topological polar surface area (TPSA) is 84.2 Å². The minimum absolute atomic E-state index is 0.00264. The van der Waals surface area contributed by atoms with Crippen LogP contribution in [0.3, 0.4) is 0 Å². The van der Waals surface area contributed by atoms with Gasteiger partial charge in [0.2, 0.25) is 0 Å². The van der Waals surface area contributed by atoms with Crippen LogP contribution in [0.15, 0.2) is 71.6 Å². The van der Waals surface area contributed by atoms with Gasteiger partial charge in [-0.25, -0.2) is 9.97 Å². The second-order valence-corrected chi connectivity index (χ2v) is 6.76. The highest BCUT2D eigenvalue weighted by molar-refractivity contribution is 6.01. The van der Waals surface area contributed by atoms with Gasteiger partial charge in [-0.05, 0) is 24.3 Å². The molecule has 1 N–H and O–H groups in total. The van der Waals surface area contributed by atoms with Crippen molar-refractivity contribution in [3.8, 4) is 11.3 Å². The van der Waals surface area contributed by atoms with Gasteiger partial charge < -0.3 is 14.7 Å². The molecule has 2 aromatic heterocycles. The number of amides is 1. The molecule has 0 atom stereocenters. The summed E-state index contributed by atoms with van der Waals surface area (Å²) < 4.78 is 5.52. The standard InChI is InChI=1S/C21H17N5O2/c27-21(26-11-16(12-26)24-19-8-9-22-13-23-19)15-6-7-18-17(10-15)20(28-25-18)14-4-2-1-3-5-14/h1-10,13,16H,11-12H2,(H,22,23,24). The second-order valence-electron chi connectivity index (χ2n) is 6.76. The first-order valence-corrected chi connectivity index (χ1v) is 9.04. The molecule has 0 bridgehead atoms. The molecule has 0 spiro atoms. The molecule has 1 aliphatic heterocycles. The Labute approximate surface area is 161 Å². The molecule has 0 unspecified atom stereocenters. The number of hydrogen-bond donors (Lipinski definition) is 1. The number of likely N-dealkylation sites (tertiary alicyclic amines) is 1. The molecule has 2 aromatic carbocycles. The molecule has 1 fully saturated rings. The Kier molecular flexibility index (Phi) is 3.97. The summed E-state index contributed by atoms with van der Waals surface area (Å²) >= 11 is 0. The summed E-state index contributed by atoms with van der Waals surface area (Å²) in [7, 11) is 0. The fourth-order valence-corrected chi connectivity index (χ4v) is 3.38. The van der Waals surface area contributed by atoms with Crippen LogP contribution in [0.4, 0.5) is 5.82 Å². The molecule has 0 saturated carbocycles. The van der Waals surface area contributed by atoms with Gasteiger partial charge in [0.05, 0.1) is 11.4 Å². The molecule has 0 aliphatic carbocycles. The Bertz CT molecular complexity index is 1120. The Hall–Kier alpha value is -3.74. The van der Waals surface area contributed by atoms with Crippen LogP contribution in [0.25, 0.3) is 22.2 Å². The molecule has 1 amide bonds. The Morgan fingerprint density at radius 3 is 2.75 bits per heavy atom. The zero-order valence-electron chi connectivity index (χ0n) is 14.9. The summed E-state index contributed by atoms with van der Waals surface area (Å²) in [5.74, 6) is 1.45. The molecule has 7 nitrogen and oxygen atoms in total. The smallest absolute Gasteiger partial charge is 0.254 e. The van der Waals surface area contributed by atoms with Gasteiger partial charge in [-0.15, -0.1) is 0 Å². The number of aromatic nitrogens is 3. The number of nitrogens with zero attached hydrogens (tertiary/aromatic N) is 4. The van der Waals surface area contributed by atoms with Crippen LogP contribution in [0.2, 0.25) is 0 Å². The van der Waals surface area contributed by atoms with E-state index in [9.17, 15) is 4.79 Å². The molecule has 3 heterocycles. The van der Waals surface area contributed by atoms with E-state index in [-0.39, 0.29) is 11.9 Å². The summed E-state index contributed by atoms with van der Waals surface area (Å²) in [5.41, 5.74) is 2.31. The molecule has 4 aromatic rings. The normalized spacial score (nSPS) is 14.1. The van der Waals surface area contributed by atoms with Gasteiger partial charge >= 0.3 is 0 Å². The lowest BCUT2D eigenvalue weighted by Gasteiger charge is -2.39. The van der Waals surface area contributed by atoms with E-state index in [1.807, 2.05) is 53.4 Å². The largest absolute Gasteiger partial charge is 0.364 e. The predicted octanol–water partition coefficient (Wildman–Crippen LogP) is 3.22. The van der Waals surface area contributed by atoms with Crippen LogP contribution in [-0.4, -0.2) is 45.1 Å². The quantitative estimate of drug-likeness (QED) is 0.593. The van der Waals surface area contributed by atoms with Crippen LogP contribution in [0.5, 0.6) is 0 Å². The summed E-state index contributed by atoms with van der Waals surface area (Å²) in [6, 6.07) is 17.3. The highest BCUT2D eigenvalue weighted by atomic mass is 16.5. The summed E-state index contributed by atoms with van der Waals surface area (Å²) in [6.07, 6.45) is 3.19. The third-order valence-corrected chi connectivity index (χ3v) is 4.86. The van der Waals surface area contributed by atoms with Crippen molar-refractivity contribution in [1.29, 1.82) is 0 Å². The monoisotopic (exact) mass is 371 g/mol. The summed E-state index contributed by atoms with van der Waals surface area (Å²) in [4.78, 5) is 22.7. The minimum Gasteiger partial charge on any atom is -0.364 e. The average Bonchev–Trinajstić information content (AvgIpc) is 3.14. The molecular weight excluding hydrogens is 354 g/mol. The van der Waals surface area contributed by atoms with Gasteiger partial charge in [0.1, 0.15) is 17.7 Å². The maximum absolute atomic E-state index is 12.9.